The van der Waals surface area contributed by atoms with Crippen molar-refractivity contribution in [3.63, 3.8) is 0 Å². The largest absolute Gasteiger partial charge is 0.339 e. The van der Waals surface area contributed by atoms with Crippen LogP contribution in [0.25, 0.3) is 0 Å². The van der Waals surface area contributed by atoms with Gasteiger partial charge in [-0.3, -0.25) is 19.2 Å². The van der Waals surface area contributed by atoms with Crippen molar-refractivity contribution in [2.45, 2.75) is 51.4 Å². The first-order valence-electron chi connectivity index (χ1n) is 15.9. The van der Waals surface area contributed by atoms with Gasteiger partial charge in [-0.1, -0.05) is 6.07 Å². The van der Waals surface area contributed by atoms with Gasteiger partial charge in [0.1, 0.15) is 11.4 Å². The molecule has 2 aliphatic carbocycles. The van der Waals surface area contributed by atoms with Gasteiger partial charge in [0, 0.05) is 64.2 Å². The molecule has 0 radical (unpaired) electrons. The maximum Gasteiger partial charge on any atom is 0.272 e. The van der Waals surface area contributed by atoms with Crippen LogP contribution in [0.1, 0.15) is 72.3 Å². The molecular weight excluding hydrogens is 641 g/mol. The van der Waals surface area contributed by atoms with E-state index in [0.29, 0.717) is 77.3 Å². The van der Waals surface area contributed by atoms with Gasteiger partial charge in [-0.25, -0.2) is 4.98 Å². The van der Waals surface area contributed by atoms with Crippen molar-refractivity contribution in [1.82, 2.24) is 24.6 Å². The van der Waals surface area contributed by atoms with Crippen LogP contribution in [0.2, 0.25) is 0 Å². The van der Waals surface area contributed by atoms with Crippen LogP contribution in [0.5, 0.6) is 0 Å². The molecule has 2 saturated heterocycles. The fourth-order valence-electron chi connectivity index (χ4n) is 7.06. The molecule has 1 aromatic heterocycles. The van der Waals surface area contributed by atoms with Gasteiger partial charge < -0.3 is 31.1 Å². The van der Waals surface area contributed by atoms with E-state index in [1.54, 1.807) is 28.0 Å². The highest BCUT2D eigenvalue weighted by molar-refractivity contribution is 5.96. The van der Waals surface area contributed by atoms with E-state index in [0.717, 1.165) is 51.4 Å². The fourth-order valence-corrected chi connectivity index (χ4v) is 7.06. The maximum atomic E-state index is 13.3. The summed E-state index contributed by atoms with van der Waals surface area (Å²) in [6.07, 6.45) is 7.62. The van der Waals surface area contributed by atoms with Crippen molar-refractivity contribution in [2.24, 2.45) is 35.1 Å². The van der Waals surface area contributed by atoms with E-state index in [4.69, 9.17) is 11.5 Å². The number of halogens is 3. The average molecular weight is 691 g/mol. The second-order valence-corrected chi connectivity index (χ2v) is 12.5. The Morgan fingerprint density at radius 1 is 0.556 bits per heavy atom. The number of amides is 4. The highest BCUT2D eigenvalue weighted by Crippen LogP contribution is 2.31. The molecule has 45 heavy (non-hydrogen) atoms. The minimum Gasteiger partial charge on any atom is -0.339 e. The Hall–Kier alpha value is -2.18. The highest BCUT2D eigenvalue weighted by Gasteiger charge is 2.34. The van der Waals surface area contributed by atoms with Crippen molar-refractivity contribution in [1.29, 1.82) is 0 Å². The molecule has 0 bridgehead atoms. The number of hydrogen-bond acceptors (Lipinski definition) is 7. The molecule has 254 valence electrons. The molecule has 14 heteroatoms. The number of aromatic nitrogens is 1. The number of nitrogens with zero attached hydrogens (tertiary/aromatic N) is 5. The van der Waals surface area contributed by atoms with Gasteiger partial charge in [0.2, 0.25) is 11.8 Å². The molecule has 5 rings (SSSR count). The number of carbonyl (C=O) groups excluding carboxylic acids is 4. The zero-order valence-corrected chi connectivity index (χ0v) is 28.5. The van der Waals surface area contributed by atoms with Crippen molar-refractivity contribution in [2.75, 3.05) is 65.4 Å². The lowest BCUT2D eigenvalue weighted by Gasteiger charge is -2.38. The summed E-state index contributed by atoms with van der Waals surface area (Å²) in [5.41, 5.74) is 12.1. The molecule has 0 spiro atoms. The number of piperazine rings is 2. The molecule has 0 unspecified atom stereocenters. The van der Waals surface area contributed by atoms with E-state index in [1.807, 2.05) is 9.80 Å². The zero-order valence-electron chi connectivity index (χ0n) is 26.0. The SMILES string of the molecule is Cl.Cl.Cl.NCC1CCC(C(=O)N2CCN(C(=O)c3cccc(C(=O)N4CCN(C(=O)C5CCC(CN)CC5)CC4)n3)CC2)CC1. The van der Waals surface area contributed by atoms with Crippen LogP contribution in [0.15, 0.2) is 18.2 Å². The Morgan fingerprint density at radius 2 is 0.867 bits per heavy atom. The van der Waals surface area contributed by atoms with E-state index in [1.165, 1.54) is 0 Å². The Morgan fingerprint density at radius 3 is 1.18 bits per heavy atom. The third-order valence-electron chi connectivity index (χ3n) is 10.0. The summed E-state index contributed by atoms with van der Waals surface area (Å²) in [5, 5.41) is 0. The van der Waals surface area contributed by atoms with E-state index in [2.05, 4.69) is 4.98 Å². The molecule has 0 aromatic carbocycles. The lowest BCUT2D eigenvalue weighted by molar-refractivity contribution is -0.139. The van der Waals surface area contributed by atoms with Crippen molar-refractivity contribution in [3.05, 3.63) is 29.6 Å². The monoisotopic (exact) mass is 689 g/mol. The minimum atomic E-state index is -0.222. The summed E-state index contributed by atoms with van der Waals surface area (Å²) in [6.45, 7) is 5.23. The van der Waals surface area contributed by atoms with E-state index in [-0.39, 0.29) is 84.1 Å². The summed E-state index contributed by atoms with van der Waals surface area (Å²) < 4.78 is 0. The standard InChI is InChI=1S/C31H47N7O4.3ClH/c32-20-22-4-8-24(9-5-22)28(39)35-12-16-37(17-13-35)30(41)26-2-1-3-27(34-26)31(42)38-18-14-36(15-19-38)29(40)25-10-6-23(21-33)7-11-25;;;/h1-3,22-25H,4-21,32-33H2;3*1H. The highest BCUT2D eigenvalue weighted by atomic mass is 35.5. The number of hydrogen-bond donors (Lipinski definition) is 2. The Kier molecular flexibility index (Phi) is 15.8. The van der Waals surface area contributed by atoms with E-state index >= 15 is 0 Å². The number of carbonyl (C=O) groups is 4. The predicted octanol–water partition coefficient (Wildman–Crippen LogP) is 2.45. The predicted molar refractivity (Wildman–Crippen MR) is 180 cm³/mol. The Balaban J connectivity index is 0.00000235. The molecule has 4 aliphatic rings. The first-order chi connectivity index (χ1) is 20.4. The quantitative estimate of drug-likeness (QED) is 0.467. The van der Waals surface area contributed by atoms with Crippen LogP contribution < -0.4 is 11.5 Å². The van der Waals surface area contributed by atoms with Crippen molar-refractivity contribution in [3.8, 4) is 0 Å². The van der Waals surface area contributed by atoms with Gasteiger partial charge in [-0.05, 0) is 88.4 Å². The van der Waals surface area contributed by atoms with E-state index in [9.17, 15) is 19.2 Å². The molecule has 4 N–H and O–H groups in total. The second kappa shape index (κ2) is 18.2. The summed E-state index contributed by atoms with van der Waals surface area (Å²) in [4.78, 5) is 64.3. The van der Waals surface area contributed by atoms with Gasteiger partial charge in [0.15, 0.2) is 0 Å². The molecule has 1 aromatic rings. The van der Waals surface area contributed by atoms with Crippen LogP contribution in [0, 0.1) is 23.7 Å². The minimum absolute atomic E-state index is 0. The average Bonchev–Trinajstić information content (AvgIpc) is 3.07. The van der Waals surface area contributed by atoms with Crippen LogP contribution >= 0.6 is 37.2 Å². The van der Waals surface area contributed by atoms with Crippen LogP contribution in [0.4, 0.5) is 0 Å². The summed E-state index contributed by atoms with van der Waals surface area (Å²) >= 11 is 0. The molecule has 3 heterocycles. The second-order valence-electron chi connectivity index (χ2n) is 12.5. The first-order valence-corrected chi connectivity index (χ1v) is 15.9. The lowest BCUT2D eigenvalue weighted by Crippen LogP contribution is -2.52. The molecule has 0 atom stereocenters. The van der Waals surface area contributed by atoms with Crippen molar-refractivity contribution < 1.29 is 19.2 Å². The van der Waals surface area contributed by atoms with Gasteiger partial charge in [-0.15, -0.1) is 37.2 Å². The van der Waals surface area contributed by atoms with Crippen molar-refractivity contribution >= 4 is 60.8 Å². The number of pyridine rings is 1. The van der Waals surface area contributed by atoms with E-state index < -0.39 is 0 Å². The smallest absolute Gasteiger partial charge is 0.272 e. The first kappa shape index (κ1) is 39.0. The number of rotatable bonds is 6. The third-order valence-corrected chi connectivity index (χ3v) is 10.0. The molecule has 2 saturated carbocycles. The topological polar surface area (TPSA) is 146 Å². The fraction of sp³-hybridized carbons (Fsp3) is 0.710. The summed E-state index contributed by atoms with van der Waals surface area (Å²) in [7, 11) is 0. The Bertz CT molecular complexity index is 1050. The van der Waals surface area contributed by atoms with Gasteiger partial charge in [0.05, 0.1) is 0 Å². The molecular formula is C31H50Cl3N7O4. The van der Waals surface area contributed by atoms with Gasteiger partial charge >= 0.3 is 0 Å². The van der Waals surface area contributed by atoms with Crippen LogP contribution in [0.3, 0.4) is 0 Å². The number of nitrogens with two attached hydrogens (primary N) is 2. The summed E-state index contributed by atoms with van der Waals surface area (Å²) in [6, 6.07) is 4.98. The molecule has 11 nitrogen and oxygen atoms in total. The molecule has 2 aliphatic heterocycles. The molecule has 4 fully saturated rings. The molecule has 4 amide bonds. The lowest BCUT2D eigenvalue weighted by atomic mass is 9.81. The zero-order chi connectivity index (χ0) is 29.6. The van der Waals surface area contributed by atoms with Crippen LogP contribution in [-0.4, -0.2) is 114 Å². The van der Waals surface area contributed by atoms with Gasteiger partial charge in [-0.2, -0.15) is 0 Å². The third kappa shape index (κ3) is 9.44. The normalized spacial score (nSPS) is 25.3. The van der Waals surface area contributed by atoms with Gasteiger partial charge in [0.25, 0.3) is 11.8 Å². The summed E-state index contributed by atoms with van der Waals surface area (Å²) in [5.74, 6) is 1.15. The Labute approximate surface area is 285 Å². The maximum absolute atomic E-state index is 13.3. The van der Waals surface area contributed by atoms with Crippen LogP contribution in [-0.2, 0) is 9.59 Å².